The van der Waals surface area contributed by atoms with E-state index in [0.29, 0.717) is 17.6 Å². The first-order valence-corrected chi connectivity index (χ1v) is 5.32. The van der Waals surface area contributed by atoms with Gasteiger partial charge in [-0.25, -0.2) is 0 Å². The van der Waals surface area contributed by atoms with Gasteiger partial charge in [-0.3, -0.25) is 0 Å². The lowest BCUT2D eigenvalue weighted by Crippen LogP contribution is -1.96. The molecule has 0 aliphatic carbocycles. The molecule has 0 atom stereocenters. The molecule has 0 saturated carbocycles. The van der Waals surface area contributed by atoms with E-state index < -0.39 is 0 Å². The Morgan fingerprint density at radius 3 is 2.21 bits per heavy atom. The molecule has 0 radical (unpaired) electrons. The number of phenols is 1. The Morgan fingerprint density at radius 2 is 1.71 bits per heavy atom. The number of phenolic OH excluding ortho intramolecular Hbond substituents is 1. The molecule has 1 aromatic rings. The van der Waals surface area contributed by atoms with Crippen LogP contribution in [0.25, 0.3) is 0 Å². The second-order valence-corrected chi connectivity index (χ2v) is 4.69. The molecule has 0 heterocycles. The zero-order valence-corrected chi connectivity index (χ0v) is 9.54. The smallest absolute Gasteiger partial charge is 0.116 e. The highest BCUT2D eigenvalue weighted by Crippen LogP contribution is 2.23. The first kappa shape index (κ1) is 11.1. The number of aromatic hydroxyl groups is 1. The van der Waals surface area contributed by atoms with Gasteiger partial charge in [-0.1, -0.05) is 33.8 Å². The first-order chi connectivity index (χ1) is 6.49. The summed E-state index contributed by atoms with van der Waals surface area (Å²) in [4.78, 5) is 0. The summed E-state index contributed by atoms with van der Waals surface area (Å²) >= 11 is 0. The molecule has 0 spiro atoms. The van der Waals surface area contributed by atoms with Crippen molar-refractivity contribution in [2.75, 3.05) is 0 Å². The molecule has 1 nitrogen and oxygen atoms in total. The predicted octanol–water partition coefficient (Wildman–Crippen LogP) is 3.71. The predicted molar refractivity (Wildman–Crippen MR) is 60.7 cm³/mol. The van der Waals surface area contributed by atoms with E-state index in [-0.39, 0.29) is 0 Å². The van der Waals surface area contributed by atoms with Crippen LogP contribution < -0.4 is 0 Å². The normalized spacial score (nSPS) is 11.3. The Hall–Kier alpha value is -0.980. The molecule has 14 heavy (non-hydrogen) atoms. The first-order valence-electron chi connectivity index (χ1n) is 5.32. The second kappa shape index (κ2) is 4.50. The molecule has 1 N–H and O–H groups in total. The second-order valence-electron chi connectivity index (χ2n) is 4.69. The van der Waals surface area contributed by atoms with Crippen LogP contribution in [-0.4, -0.2) is 5.11 Å². The van der Waals surface area contributed by atoms with Crippen molar-refractivity contribution in [2.24, 2.45) is 5.92 Å². The maximum atomic E-state index is 9.56. The number of hydrogen-bond donors (Lipinski definition) is 1. The summed E-state index contributed by atoms with van der Waals surface area (Å²) < 4.78 is 0. The molecule has 1 aromatic carbocycles. The Morgan fingerprint density at radius 1 is 1.07 bits per heavy atom. The summed E-state index contributed by atoms with van der Waals surface area (Å²) in [6.45, 7) is 8.68. The molecule has 0 unspecified atom stereocenters. The lowest BCUT2D eigenvalue weighted by molar-refractivity contribution is 0.472. The number of rotatable bonds is 3. The molecule has 0 fully saturated rings. The van der Waals surface area contributed by atoms with E-state index in [1.54, 1.807) is 0 Å². The van der Waals surface area contributed by atoms with Gasteiger partial charge in [0.15, 0.2) is 0 Å². The van der Waals surface area contributed by atoms with Crippen LogP contribution in [0.2, 0.25) is 0 Å². The quantitative estimate of drug-likeness (QED) is 0.774. The van der Waals surface area contributed by atoms with E-state index in [0.717, 1.165) is 6.42 Å². The van der Waals surface area contributed by atoms with Crippen LogP contribution in [0.3, 0.4) is 0 Å². The largest absolute Gasteiger partial charge is 0.508 e. The van der Waals surface area contributed by atoms with Crippen LogP contribution in [0.4, 0.5) is 0 Å². The van der Waals surface area contributed by atoms with E-state index in [1.165, 1.54) is 11.1 Å². The van der Waals surface area contributed by atoms with Crippen LogP contribution in [0.15, 0.2) is 18.2 Å². The Bertz CT molecular complexity index is 300. The van der Waals surface area contributed by atoms with Crippen molar-refractivity contribution in [3.05, 3.63) is 29.3 Å². The third-order valence-electron chi connectivity index (χ3n) is 2.31. The summed E-state index contributed by atoms with van der Waals surface area (Å²) in [6, 6.07) is 5.92. The molecule has 0 aromatic heterocycles. The van der Waals surface area contributed by atoms with Crippen LogP contribution in [-0.2, 0) is 6.42 Å². The van der Waals surface area contributed by atoms with E-state index in [1.807, 2.05) is 12.1 Å². The topological polar surface area (TPSA) is 20.2 Å². The van der Waals surface area contributed by atoms with Gasteiger partial charge in [0.2, 0.25) is 0 Å². The van der Waals surface area contributed by atoms with Crippen molar-refractivity contribution in [3.63, 3.8) is 0 Å². The summed E-state index contributed by atoms with van der Waals surface area (Å²) in [6.07, 6.45) is 1.04. The van der Waals surface area contributed by atoms with Crippen LogP contribution >= 0.6 is 0 Å². The summed E-state index contributed by atoms with van der Waals surface area (Å²) in [5.41, 5.74) is 2.46. The molecule has 1 rings (SSSR count). The third-order valence-corrected chi connectivity index (χ3v) is 2.31. The minimum absolute atomic E-state index is 0.395. The average Bonchev–Trinajstić information content (AvgIpc) is 2.01. The van der Waals surface area contributed by atoms with Crippen molar-refractivity contribution in [1.29, 1.82) is 0 Å². The highest BCUT2D eigenvalue weighted by Gasteiger charge is 2.05. The van der Waals surface area contributed by atoms with Gasteiger partial charge in [0.05, 0.1) is 0 Å². The highest BCUT2D eigenvalue weighted by atomic mass is 16.3. The number of hydrogen-bond acceptors (Lipinski definition) is 1. The van der Waals surface area contributed by atoms with Crippen LogP contribution in [0.1, 0.15) is 44.7 Å². The van der Waals surface area contributed by atoms with Crippen LogP contribution in [0, 0.1) is 5.92 Å². The van der Waals surface area contributed by atoms with Gasteiger partial charge in [0, 0.05) is 0 Å². The van der Waals surface area contributed by atoms with Crippen LogP contribution in [0.5, 0.6) is 5.75 Å². The van der Waals surface area contributed by atoms with E-state index >= 15 is 0 Å². The molecule has 0 amide bonds. The fourth-order valence-corrected chi connectivity index (χ4v) is 1.62. The third kappa shape index (κ3) is 3.06. The van der Waals surface area contributed by atoms with Gasteiger partial charge in [-0.2, -0.15) is 0 Å². The zero-order chi connectivity index (χ0) is 10.7. The average molecular weight is 192 g/mol. The highest BCUT2D eigenvalue weighted by molar-refractivity contribution is 5.35. The standard InChI is InChI=1S/C13H20O/c1-9(2)5-11-6-12(10(3)4)8-13(14)7-11/h6-10,14H,5H2,1-4H3. The van der Waals surface area contributed by atoms with Crippen molar-refractivity contribution in [3.8, 4) is 5.75 Å². The minimum atomic E-state index is 0.395. The number of benzene rings is 1. The molecule has 78 valence electrons. The van der Waals surface area contributed by atoms with Crippen molar-refractivity contribution in [2.45, 2.75) is 40.0 Å². The molecule has 0 aliphatic heterocycles. The molecular formula is C13H20O. The molecular weight excluding hydrogens is 172 g/mol. The molecule has 0 bridgehead atoms. The Kier molecular flexibility index (Phi) is 3.56. The summed E-state index contributed by atoms with van der Waals surface area (Å²) in [5, 5.41) is 9.56. The summed E-state index contributed by atoms with van der Waals surface area (Å²) in [7, 11) is 0. The maximum absolute atomic E-state index is 9.56. The van der Waals surface area contributed by atoms with Crippen molar-refractivity contribution >= 4 is 0 Å². The lowest BCUT2D eigenvalue weighted by Gasteiger charge is -2.11. The molecule has 0 aliphatic rings. The lowest BCUT2D eigenvalue weighted by atomic mass is 9.96. The molecule has 0 saturated heterocycles. The van der Waals surface area contributed by atoms with Gasteiger partial charge in [-0.05, 0) is 41.5 Å². The van der Waals surface area contributed by atoms with E-state index in [9.17, 15) is 5.11 Å². The SMILES string of the molecule is CC(C)Cc1cc(O)cc(C(C)C)c1. The monoisotopic (exact) mass is 192 g/mol. The minimum Gasteiger partial charge on any atom is -0.508 e. The Balaban J connectivity index is 2.95. The van der Waals surface area contributed by atoms with E-state index in [4.69, 9.17) is 0 Å². The fourth-order valence-electron chi connectivity index (χ4n) is 1.62. The maximum Gasteiger partial charge on any atom is 0.116 e. The van der Waals surface area contributed by atoms with Crippen molar-refractivity contribution < 1.29 is 5.11 Å². The Labute approximate surface area is 86.8 Å². The van der Waals surface area contributed by atoms with E-state index in [2.05, 4.69) is 33.8 Å². The fraction of sp³-hybridized carbons (Fsp3) is 0.538. The van der Waals surface area contributed by atoms with Gasteiger partial charge in [0.1, 0.15) is 5.75 Å². The zero-order valence-electron chi connectivity index (χ0n) is 9.54. The van der Waals surface area contributed by atoms with Crippen molar-refractivity contribution in [1.82, 2.24) is 0 Å². The van der Waals surface area contributed by atoms with Gasteiger partial charge < -0.3 is 5.11 Å². The summed E-state index contributed by atoms with van der Waals surface area (Å²) in [5.74, 6) is 1.51. The van der Waals surface area contributed by atoms with Gasteiger partial charge in [0.25, 0.3) is 0 Å². The van der Waals surface area contributed by atoms with Gasteiger partial charge >= 0.3 is 0 Å². The molecule has 1 heteroatoms. The van der Waals surface area contributed by atoms with Gasteiger partial charge in [-0.15, -0.1) is 0 Å².